The Hall–Kier alpha value is -1.71. The van der Waals surface area contributed by atoms with Gasteiger partial charge in [-0.15, -0.1) is 0 Å². The van der Waals surface area contributed by atoms with Crippen molar-refractivity contribution < 1.29 is 18.1 Å². The maximum Gasteiger partial charge on any atom is 0.293 e. The van der Waals surface area contributed by atoms with Crippen LogP contribution in [0.5, 0.6) is 0 Å². The lowest BCUT2D eigenvalue weighted by atomic mass is 10.1. The highest BCUT2D eigenvalue weighted by atomic mass is 32.2. The summed E-state index contributed by atoms with van der Waals surface area (Å²) >= 11 is 0. The van der Waals surface area contributed by atoms with E-state index in [0.717, 1.165) is 6.42 Å². The van der Waals surface area contributed by atoms with E-state index in [1.54, 1.807) is 0 Å². The molecule has 110 valence electrons. The van der Waals surface area contributed by atoms with Gasteiger partial charge in [-0.1, -0.05) is 6.07 Å². The number of benzene rings is 1. The Morgan fingerprint density at radius 2 is 2.25 bits per heavy atom. The highest BCUT2D eigenvalue weighted by Gasteiger charge is 2.24. The van der Waals surface area contributed by atoms with E-state index in [0.29, 0.717) is 19.8 Å². The summed E-state index contributed by atoms with van der Waals surface area (Å²) in [5, 5.41) is 18.9. The average Bonchev–Trinajstić information content (AvgIpc) is 2.87. The van der Waals surface area contributed by atoms with E-state index in [1.165, 1.54) is 18.2 Å². The van der Waals surface area contributed by atoms with Gasteiger partial charge in [-0.2, -0.15) is 0 Å². The first-order chi connectivity index (χ1) is 9.39. The van der Waals surface area contributed by atoms with E-state index in [1.807, 2.05) is 0 Å². The third-order valence-corrected chi connectivity index (χ3v) is 4.05. The minimum Gasteiger partial charge on any atom is -0.381 e. The van der Waals surface area contributed by atoms with Gasteiger partial charge in [0.2, 0.25) is 10.0 Å². The summed E-state index contributed by atoms with van der Waals surface area (Å²) in [4.78, 5) is 10.1. The van der Waals surface area contributed by atoms with Gasteiger partial charge in [0.1, 0.15) is 10.6 Å². The zero-order chi connectivity index (χ0) is 14.8. The predicted octanol–water partition coefficient (Wildman–Crippen LogP) is 0.691. The molecule has 1 saturated heterocycles. The number of anilines is 1. The Labute approximate surface area is 116 Å². The van der Waals surface area contributed by atoms with E-state index >= 15 is 0 Å². The van der Waals surface area contributed by atoms with Crippen molar-refractivity contribution in [3.8, 4) is 0 Å². The Balaban J connectivity index is 2.33. The quantitative estimate of drug-likeness (QED) is 0.609. The van der Waals surface area contributed by atoms with E-state index in [2.05, 4.69) is 5.32 Å². The van der Waals surface area contributed by atoms with E-state index in [-0.39, 0.29) is 22.2 Å². The Bertz CT molecular complexity index is 610. The molecule has 2 rings (SSSR count). The summed E-state index contributed by atoms with van der Waals surface area (Å²) in [5.41, 5.74) is -0.373. The molecule has 0 aliphatic carbocycles. The van der Waals surface area contributed by atoms with Crippen molar-refractivity contribution in [2.75, 3.05) is 25.1 Å². The molecule has 1 atom stereocenters. The highest BCUT2D eigenvalue weighted by molar-refractivity contribution is 7.89. The summed E-state index contributed by atoms with van der Waals surface area (Å²) in [7, 11) is -4.03. The van der Waals surface area contributed by atoms with Crippen LogP contribution in [0.4, 0.5) is 11.4 Å². The fraction of sp³-hybridized carbons (Fsp3) is 0.455. The predicted molar refractivity (Wildman–Crippen MR) is 71.9 cm³/mol. The number of hydrogen-bond donors (Lipinski definition) is 2. The van der Waals surface area contributed by atoms with Crippen LogP contribution in [0.3, 0.4) is 0 Å². The molecule has 0 radical (unpaired) electrons. The number of primary sulfonamides is 1. The lowest BCUT2D eigenvalue weighted by Crippen LogP contribution is -2.19. The smallest absolute Gasteiger partial charge is 0.293 e. The lowest BCUT2D eigenvalue weighted by molar-refractivity contribution is -0.384. The molecule has 1 aromatic carbocycles. The van der Waals surface area contributed by atoms with Crippen LogP contribution in [0, 0.1) is 16.0 Å². The summed E-state index contributed by atoms with van der Waals surface area (Å²) in [6, 6.07) is 3.78. The number of sulfonamides is 1. The SMILES string of the molecule is NS(=O)(=O)c1cccc([N+](=O)[O-])c1NCC1CCOC1. The third kappa shape index (κ3) is 3.24. The van der Waals surface area contributed by atoms with Gasteiger partial charge < -0.3 is 10.1 Å². The molecule has 1 aromatic rings. The molecule has 0 spiro atoms. The molecule has 20 heavy (non-hydrogen) atoms. The van der Waals surface area contributed by atoms with Crippen molar-refractivity contribution >= 4 is 21.4 Å². The van der Waals surface area contributed by atoms with Gasteiger partial charge in [0, 0.05) is 25.1 Å². The Morgan fingerprint density at radius 3 is 2.80 bits per heavy atom. The molecular formula is C11H15N3O5S. The number of rotatable bonds is 5. The van der Waals surface area contributed by atoms with Crippen LogP contribution in [-0.2, 0) is 14.8 Å². The van der Waals surface area contributed by atoms with Gasteiger partial charge >= 0.3 is 0 Å². The number of hydrogen-bond acceptors (Lipinski definition) is 6. The molecule has 0 amide bonds. The topological polar surface area (TPSA) is 125 Å². The summed E-state index contributed by atoms with van der Waals surface area (Å²) in [6.45, 7) is 1.59. The number of nitro groups is 1. The molecule has 1 aliphatic heterocycles. The maximum atomic E-state index is 11.5. The number of nitrogens with zero attached hydrogens (tertiary/aromatic N) is 1. The van der Waals surface area contributed by atoms with E-state index in [4.69, 9.17) is 9.88 Å². The van der Waals surface area contributed by atoms with Gasteiger partial charge in [0.25, 0.3) is 5.69 Å². The Morgan fingerprint density at radius 1 is 1.50 bits per heavy atom. The minimum atomic E-state index is -4.03. The number of nitrogens with two attached hydrogens (primary N) is 1. The van der Waals surface area contributed by atoms with Crippen LogP contribution in [-0.4, -0.2) is 33.1 Å². The van der Waals surface area contributed by atoms with Gasteiger partial charge in [-0.3, -0.25) is 10.1 Å². The van der Waals surface area contributed by atoms with Crippen LogP contribution in [0.2, 0.25) is 0 Å². The van der Waals surface area contributed by atoms with Crippen LogP contribution in [0.25, 0.3) is 0 Å². The molecule has 8 nitrogen and oxygen atoms in total. The normalized spacial score (nSPS) is 18.9. The first-order valence-corrected chi connectivity index (χ1v) is 7.56. The monoisotopic (exact) mass is 301 g/mol. The van der Waals surface area contributed by atoms with Crippen molar-refractivity contribution in [2.45, 2.75) is 11.3 Å². The fourth-order valence-electron chi connectivity index (χ4n) is 2.08. The molecule has 3 N–H and O–H groups in total. The van der Waals surface area contributed by atoms with Crippen molar-refractivity contribution in [2.24, 2.45) is 11.1 Å². The minimum absolute atomic E-state index is 0.0631. The maximum absolute atomic E-state index is 11.5. The zero-order valence-electron chi connectivity index (χ0n) is 10.6. The molecule has 1 fully saturated rings. The summed E-state index contributed by atoms with van der Waals surface area (Å²) in [6.07, 6.45) is 0.832. The van der Waals surface area contributed by atoms with Crippen molar-refractivity contribution in [1.82, 2.24) is 0 Å². The molecule has 0 aromatic heterocycles. The molecule has 1 unspecified atom stereocenters. The number of nitro benzene ring substituents is 1. The Kier molecular flexibility index (Phi) is 4.21. The molecule has 0 saturated carbocycles. The summed E-state index contributed by atoms with van der Waals surface area (Å²) < 4.78 is 28.2. The van der Waals surface area contributed by atoms with Gasteiger partial charge in [0.15, 0.2) is 0 Å². The first-order valence-electron chi connectivity index (χ1n) is 6.01. The molecule has 9 heteroatoms. The van der Waals surface area contributed by atoms with Crippen molar-refractivity contribution in [1.29, 1.82) is 0 Å². The van der Waals surface area contributed by atoms with Gasteiger partial charge in [-0.25, -0.2) is 13.6 Å². The van der Waals surface area contributed by atoms with Crippen LogP contribution in [0.1, 0.15) is 6.42 Å². The van der Waals surface area contributed by atoms with E-state index < -0.39 is 14.9 Å². The van der Waals surface area contributed by atoms with Gasteiger partial charge in [0.05, 0.1) is 11.5 Å². The molecular weight excluding hydrogens is 286 g/mol. The van der Waals surface area contributed by atoms with Crippen LogP contribution in [0.15, 0.2) is 23.1 Å². The number of ether oxygens (including phenoxy) is 1. The molecule has 0 bridgehead atoms. The van der Waals surface area contributed by atoms with Crippen molar-refractivity contribution in [3.63, 3.8) is 0 Å². The van der Waals surface area contributed by atoms with Crippen molar-refractivity contribution in [3.05, 3.63) is 28.3 Å². The largest absolute Gasteiger partial charge is 0.381 e. The zero-order valence-corrected chi connectivity index (χ0v) is 11.4. The van der Waals surface area contributed by atoms with Crippen LogP contribution >= 0.6 is 0 Å². The number of para-hydroxylation sites is 1. The van der Waals surface area contributed by atoms with Gasteiger partial charge in [-0.05, 0) is 12.5 Å². The second kappa shape index (κ2) is 5.73. The average molecular weight is 301 g/mol. The van der Waals surface area contributed by atoms with Crippen LogP contribution < -0.4 is 10.5 Å². The third-order valence-electron chi connectivity index (χ3n) is 3.10. The molecule has 1 aliphatic rings. The second-order valence-electron chi connectivity index (χ2n) is 4.56. The number of nitrogens with one attached hydrogen (secondary N) is 1. The lowest BCUT2D eigenvalue weighted by Gasteiger charge is -2.13. The van der Waals surface area contributed by atoms with E-state index in [9.17, 15) is 18.5 Å². The molecule has 1 heterocycles. The first kappa shape index (κ1) is 14.7. The highest BCUT2D eigenvalue weighted by Crippen LogP contribution is 2.31. The standard InChI is InChI=1S/C11H15N3O5S/c12-20(17,18)10-3-1-2-9(14(15)16)11(10)13-6-8-4-5-19-7-8/h1-3,8,13H,4-7H2,(H2,12,17,18). The second-order valence-corrected chi connectivity index (χ2v) is 6.09. The fourth-order valence-corrected chi connectivity index (χ4v) is 2.81. The summed E-state index contributed by atoms with van der Waals surface area (Å²) in [5.74, 6) is 0.197.